The SMILES string of the molecule is CC[C@@H](Oc1ccccc1Cl)C(=O)NCCc1ccc(F)cc1. The molecule has 1 amide bonds. The van der Waals surface area contributed by atoms with Crippen molar-refractivity contribution in [2.45, 2.75) is 25.9 Å². The lowest BCUT2D eigenvalue weighted by Gasteiger charge is -2.18. The average Bonchev–Trinajstić information content (AvgIpc) is 2.56. The van der Waals surface area contributed by atoms with Gasteiger partial charge >= 0.3 is 0 Å². The number of carbonyl (C=O) groups excluding carboxylic acids is 1. The van der Waals surface area contributed by atoms with Crippen LogP contribution in [0.5, 0.6) is 5.75 Å². The number of rotatable bonds is 7. The molecule has 1 atom stereocenters. The maximum atomic E-state index is 12.8. The van der Waals surface area contributed by atoms with Crippen LogP contribution in [0.1, 0.15) is 18.9 Å². The van der Waals surface area contributed by atoms with Gasteiger partial charge in [0.15, 0.2) is 6.10 Å². The summed E-state index contributed by atoms with van der Waals surface area (Å²) in [6, 6.07) is 13.3. The Kier molecular flexibility index (Phi) is 6.41. The minimum Gasteiger partial charge on any atom is -0.479 e. The van der Waals surface area contributed by atoms with Gasteiger partial charge in [-0.1, -0.05) is 42.8 Å². The van der Waals surface area contributed by atoms with E-state index in [0.717, 1.165) is 5.56 Å². The second kappa shape index (κ2) is 8.53. The summed E-state index contributed by atoms with van der Waals surface area (Å²) in [5, 5.41) is 3.31. The lowest BCUT2D eigenvalue weighted by molar-refractivity contribution is -0.128. The lowest BCUT2D eigenvalue weighted by Crippen LogP contribution is -2.39. The molecule has 0 aliphatic carbocycles. The van der Waals surface area contributed by atoms with Gasteiger partial charge in [0, 0.05) is 6.54 Å². The summed E-state index contributed by atoms with van der Waals surface area (Å²) in [4.78, 5) is 12.2. The molecule has 1 N–H and O–H groups in total. The summed E-state index contributed by atoms with van der Waals surface area (Å²) in [7, 11) is 0. The van der Waals surface area contributed by atoms with Crippen molar-refractivity contribution in [3.05, 3.63) is 64.9 Å². The number of hydrogen-bond acceptors (Lipinski definition) is 2. The Hall–Kier alpha value is -2.07. The molecule has 0 heterocycles. The van der Waals surface area contributed by atoms with Gasteiger partial charge in [0.25, 0.3) is 5.91 Å². The molecule has 0 aliphatic heterocycles. The quantitative estimate of drug-likeness (QED) is 0.830. The lowest BCUT2D eigenvalue weighted by atomic mass is 10.1. The second-order valence-electron chi connectivity index (χ2n) is 5.11. The van der Waals surface area contributed by atoms with Crippen molar-refractivity contribution in [3.8, 4) is 5.75 Å². The Morgan fingerprint density at radius 2 is 1.91 bits per heavy atom. The molecular weight excluding hydrogens is 317 g/mol. The van der Waals surface area contributed by atoms with Gasteiger partial charge in [-0.05, 0) is 42.7 Å². The van der Waals surface area contributed by atoms with Gasteiger partial charge in [-0.15, -0.1) is 0 Å². The van der Waals surface area contributed by atoms with E-state index in [9.17, 15) is 9.18 Å². The van der Waals surface area contributed by atoms with E-state index in [4.69, 9.17) is 16.3 Å². The number of ether oxygens (including phenoxy) is 1. The fraction of sp³-hybridized carbons (Fsp3) is 0.278. The zero-order valence-electron chi connectivity index (χ0n) is 12.9. The van der Waals surface area contributed by atoms with Crippen LogP contribution in [0, 0.1) is 5.82 Å². The number of nitrogens with one attached hydrogen (secondary N) is 1. The fourth-order valence-corrected chi connectivity index (χ4v) is 2.29. The van der Waals surface area contributed by atoms with Crippen LogP contribution in [-0.4, -0.2) is 18.6 Å². The first-order valence-electron chi connectivity index (χ1n) is 7.53. The molecule has 0 unspecified atom stereocenters. The first-order chi connectivity index (χ1) is 11.1. The van der Waals surface area contributed by atoms with E-state index in [1.165, 1.54) is 12.1 Å². The van der Waals surface area contributed by atoms with E-state index in [-0.39, 0.29) is 11.7 Å². The average molecular weight is 336 g/mol. The molecule has 0 saturated heterocycles. The third-order valence-electron chi connectivity index (χ3n) is 3.40. The third-order valence-corrected chi connectivity index (χ3v) is 3.71. The molecule has 23 heavy (non-hydrogen) atoms. The highest BCUT2D eigenvalue weighted by molar-refractivity contribution is 6.32. The van der Waals surface area contributed by atoms with Crippen LogP contribution in [0.25, 0.3) is 0 Å². The predicted octanol–water partition coefficient (Wildman–Crippen LogP) is 4.00. The minimum atomic E-state index is -0.594. The van der Waals surface area contributed by atoms with Crippen molar-refractivity contribution in [3.63, 3.8) is 0 Å². The predicted molar refractivity (Wildman–Crippen MR) is 89.3 cm³/mol. The topological polar surface area (TPSA) is 38.3 Å². The van der Waals surface area contributed by atoms with Crippen molar-refractivity contribution in [2.75, 3.05) is 6.54 Å². The van der Waals surface area contributed by atoms with E-state index in [2.05, 4.69) is 5.32 Å². The molecule has 2 aromatic rings. The van der Waals surface area contributed by atoms with Crippen LogP contribution in [0.15, 0.2) is 48.5 Å². The molecule has 5 heteroatoms. The van der Waals surface area contributed by atoms with Crippen LogP contribution in [-0.2, 0) is 11.2 Å². The normalized spacial score (nSPS) is 11.8. The second-order valence-corrected chi connectivity index (χ2v) is 5.52. The van der Waals surface area contributed by atoms with E-state index in [0.29, 0.717) is 30.2 Å². The molecule has 0 fully saturated rings. The fourth-order valence-electron chi connectivity index (χ4n) is 2.11. The summed E-state index contributed by atoms with van der Waals surface area (Å²) in [6.07, 6.45) is 0.574. The van der Waals surface area contributed by atoms with Gasteiger partial charge in [-0.3, -0.25) is 4.79 Å². The number of carbonyl (C=O) groups is 1. The van der Waals surface area contributed by atoms with Crippen molar-refractivity contribution in [1.29, 1.82) is 0 Å². The van der Waals surface area contributed by atoms with Gasteiger partial charge in [-0.2, -0.15) is 0 Å². The van der Waals surface area contributed by atoms with Crippen molar-refractivity contribution in [1.82, 2.24) is 5.32 Å². The molecule has 0 saturated carbocycles. The van der Waals surface area contributed by atoms with Gasteiger partial charge in [0.2, 0.25) is 0 Å². The van der Waals surface area contributed by atoms with E-state index in [1.807, 2.05) is 6.92 Å². The molecule has 3 nitrogen and oxygen atoms in total. The van der Waals surface area contributed by atoms with Crippen molar-refractivity contribution < 1.29 is 13.9 Å². The molecule has 122 valence electrons. The number of para-hydroxylation sites is 1. The monoisotopic (exact) mass is 335 g/mol. The standard InChI is InChI=1S/C18H19ClFNO2/c1-2-16(23-17-6-4-3-5-15(17)19)18(22)21-12-11-13-7-9-14(20)10-8-13/h3-10,16H,2,11-12H2,1H3,(H,21,22)/t16-/m1/s1. The maximum absolute atomic E-state index is 12.8. The number of amides is 1. The Balaban J connectivity index is 1.85. The number of hydrogen-bond donors (Lipinski definition) is 1. The van der Waals surface area contributed by atoms with E-state index in [1.54, 1.807) is 36.4 Å². The highest BCUT2D eigenvalue weighted by atomic mass is 35.5. The molecule has 0 aliphatic rings. The zero-order valence-corrected chi connectivity index (χ0v) is 13.6. The first-order valence-corrected chi connectivity index (χ1v) is 7.91. The number of halogens is 2. The smallest absolute Gasteiger partial charge is 0.261 e. The largest absolute Gasteiger partial charge is 0.479 e. The first kappa shape index (κ1) is 17.3. The van der Waals surface area contributed by atoms with Gasteiger partial charge < -0.3 is 10.1 Å². The van der Waals surface area contributed by atoms with Crippen molar-refractivity contribution in [2.24, 2.45) is 0 Å². The van der Waals surface area contributed by atoms with E-state index < -0.39 is 6.10 Å². The Labute approximate surface area is 140 Å². The molecule has 0 radical (unpaired) electrons. The molecule has 0 aromatic heterocycles. The molecule has 0 bridgehead atoms. The molecule has 2 aromatic carbocycles. The molecule has 0 spiro atoms. The van der Waals surface area contributed by atoms with Gasteiger partial charge in [0.1, 0.15) is 11.6 Å². The minimum absolute atomic E-state index is 0.186. The van der Waals surface area contributed by atoms with Crippen LogP contribution < -0.4 is 10.1 Å². The number of benzene rings is 2. The van der Waals surface area contributed by atoms with Crippen LogP contribution in [0.2, 0.25) is 5.02 Å². The van der Waals surface area contributed by atoms with Crippen molar-refractivity contribution >= 4 is 17.5 Å². The van der Waals surface area contributed by atoms with Crippen LogP contribution in [0.4, 0.5) is 4.39 Å². The Morgan fingerprint density at radius 1 is 1.22 bits per heavy atom. The summed E-state index contributed by atoms with van der Waals surface area (Å²) >= 11 is 6.04. The van der Waals surface area contributed by atoms with E-state index >= 15 is 0 Å². The Morgan fingerprint density at radius 3 is 2.57 bits per heavy atom. The highest BCUT2D eigenvalue weighted by Gasteiger charge is 2.18. The summed E-state index contributed by atoms with van der Waals surface area (Å²) in [5.41, 5.74) is 0.965. The Bertz CT molecular complexity index is 646. The summed E-state index contributed by atoms with van der Waals surface area (Å²) in [5.74, 6) is 0.0428. The zero-order chi connectivity index (χ0) is 16.7. The van der Waals surface area contributed by atoms with Crippen LogP contribution >= 0.6 is 11.6 Å². The molecule has 2 rings (SSSR count). The summed E-state index contributed by atoms with van der Waals surface area (Å²) in [6.45, 7) is 2.34. The van der Waals surface area contributed by atoms with Gasteiger partial charge in [0.05, 0.1) is 5.02 Å². The highest BCUT2D eigenvalue weighted by Crippen LogP contribution is 2.24. The van der Waals surface area contributed by atoms with Gasteiger partial charge in [-0.25, -0.2) is 4.39 Å². The summed E-state index contributed by atoms with van der Waals surface area (Å²) < 4.78 is 18.5. The molecular formula is C18H19ClFNO2. The maximum Gasteiger partial charge on any atom is 0.261 e. The third kappa shape index (κ3) is 5.25. The van der Waals surface area contributed by atoms with Crippen LogP contribution in [0.3, 0.4) is 0 Å².